The van der Waals surface area contributed by atoms with E-state index in [0.29, 0.717) is 6.42 Å². The molecule has 3 aliphatic rings. The molecule has 314 valence electrons. The zero-order valence-electron chi connectivity index (χ0n) is 34.6. The Balaban J connectivity index is 2.22. The summed E-state index contributed by atoms with van der Waals surface area (Å²) in [6.45, 7) is 16.3. The number of carbonyl (C=O) groups excluding carboxylic acids is 3. The summed E-state index contributed by atoms with van der Waals surface area (Å²) in [5.74, 6) is -5.55. The minimum absolute atomic E-state index is 0.109. The molecule has 0 spiro atoms. The molecular weight excluding hydrogens is 706 g/mol. The Hall–Kier alpha value is -1.79. The molecule has 18 atom stereocenters. The van der Waals surface area contributed by atoms with Gasteiger partial charge in [0.1, 0.15) is 23.6 Å². The molecule has 0 aromatic carbocycles. The number of likely N-dealkylation sites (N-methyl/N-ethyl adjacent to an activating group) is 1. The van der Waals surface area contributed by atoms with Crippen molar-refractivity contribution in [2.45, 2.75) is 186 Å². The molecule has 3 fully saturated rings. The molecule has 54 heavy (non-hydrogen) atoms. The zero-order valence-corrected chi connectivity index (χ0v) is 34.6. The molecule has 3 saturated heterocycles. The molecule has 0 aromatic heterocycles. The summed E-state index contributed by atoms with van der Waals surface area (Å²) in [6.07, 6.45) is -10.1. The lowest BCUT2D eigenvalue weighted by atomic mass is 9.74. The van der Waals surface area contributed by atoms with Crippen molar-refractivity contribution >= 4 is 17.7 Å². The number of hydrogen-bond donors (Lipinski definition) is 4. The quantitative estimate of drug-likeness (QED) is 0.249. The summed E-state index contributed by atoms with van der Waals surface area (Å²) < 4.78 is 43.2. The molecule has 15 nitrogen and oxygen atoms in total. The third-order valence-electron chi connectivity index (χ3n) is 11.8. The highest BCUT2D eigenvalue weighted by atomic mass is 16.7. The Bertz CT molecular complexity index is 1250. The Kier molecular flexibility index (Phi) is 16.5. The van der Waals surface area contributed by atoms with E-state index < -0.39 is 114 Å². The Morgan fingerprint density at radius 2 is 1.56 bits per heavy atom. The van der Waals surface area contributed by atoms with E-state index in [-0.39, 0.29) is 37.8 Å². The normalized spacial score (nSPS) is 46.1. The maximum absolute atomic E-state index is 14.1. The van der Waals surface area contributed by atoms with Gasteiger partial charge >= 0.3 is 11.9 Å². The number of methoxy groups -OCH3 is 1. The number of hydrogen-bond acceptors (Lipinski definition) is 15. The highest BCUT2D eigenvalue weighted by Crippen LogP contribution is 2.40. The van der Waals surface area contributed by atoms with Crippen molar-refractivity contribution in [1.29, 1.82) is 0 Å². The first kappa shape index (κ1) is 46.6. The first-order chi connectivity index (χ1) is 25.0. The molecule has 0 amide bonds. The monoisotopic (exact) mass is 775 g/mol. The van der Waals surface area contributed by atoms with Gasteiger partial charge in [0, 0.05) is 37.7 Å². The summed E-state index contributed by atoms with van der Waals surface area (Å²) in [5.41, 5.74) is -3.84. The van der Waals surface area contributed by atoms with Crippen LogP contribution in [0.15, 0.2) is 0 Å². The number of Topliss-reactive ketones (excluding diaryl/α,β-unsaturated/α-hetero) is 1. The van der Waals surface area contributed by atoms with Crippen molar-refractivity contribution in [3.63, 3.8) is 0 Å². The number of nitrogens with zero attached hydrogens (tertiary/aromatic N) is 1. The molecule has 0 radical (unpaired) electrons. The minimum atomic E-state index is -2.01. The standard InChI is InChI=1S/C39H69NO14/c1-14-27-39(10,47)34(44)21(5)30(42)19(3)18-38(9,46)35(54-37-33(52-28(41)15-2)25(40(11)12)16-20(4)49-37)22(6)32(23(7)36(45)51-27)53-29-17-26(48-13)31(43)24(8)50-29/h19-27,29,31-35,37,43-44,46-47H,14-18H2,1-13H3/t19-,20-,21+,22+,23-,24+,25+,26-,27-,29-,31-,32+,33+,34-,35-,37-,38-,39-/m0/s1. The van der Waals surface area contributed by atoms with Gasteiger partial charge in [0.05, 0.1) is 54.2 Å². The fourth-order valence-corrected chi connectivity index (χ4v) is 8.49. The van der Waals surface area contributed by atoms with Crippen molar-refractivity contribution < 1.29 is 68.0 Å². The van der Waals surface area contributed by atoms with E-state index in [1.165, 1.54) is 27.9 Å². The molecule has 3 aliphatic heterocycles. The second-order valence-electron chi connectivity index (χ2n) is 16.6. The molecule has 0 aromatic rings. The summed E-state index contributed by atoms with van der Waals surface area (Å²) >= 11 is 0. The van der Waals surface area contributed by atoms with Crippen molar-refractivity contribution in [1.82, 2.24) is 4.90 Å². The van der Waals surface area contributed by atoms with Gasteiger partial charge in [-0.15, -0.1) is 0 Å². The fraction of sp³-hybridized carbons (Fsp3) is 0.923. The van der Waals surface area contributed by atoms with Gasteiger partial charge in [0.2, 0.25) is 0 Å². The number of carbonyl (C=O) groups is 3. The van der Waals surface area contributed by atoms with E-state index in [9.17, 15) is 34.8 Å². The van der Waals surface area contributed by atoms with Crippen LogP contribution in [0.4, 0.5) is 0 Å². The number of cyclic esters (lactones) is 1. The predicted octanol–water partition coefficient (Wildman–Crippen LogP) is 2.36. The maximum atomic E-state index is 14.1. The first-order valence-corrected chi connectivity index (χ1v) is 19.6. The Morgan fingerprint density at radius 1 is 0.926 bits per heavy atom. The van der Waals surface area contributed by atoms with Gasteiger partial charge < -0.3 is 58.5 Å². The van der Waals surface area contributed by atoms with Crippen LogP contribution in [0, 0.1) is 23.7 Å². The van der Waals surface area contributed by atoms with Crippen molar-refractivity contribution in [3.05, 3.63) is 0 Å². The zero-order chi connectivity index (χ0) is 41.0. The van der Waals surface area contributed by atoms with Crippen LogP contribution in [0.2, 0.25) is 0 Å². The molecule has 3 rings (SSSR count). The van der Waals surface area contributed by atoms with Crippen LogP contribution >= 0.6 is 0 Å². The molecule has 4 N–H and O–H groups in total. The minimum Gasteiger partial charge on any atom is -0.459 e. The highest BCUT2D eigenvalue weighted by molar-refractivity contribution is 5.83. The van der Waals surface area contributed by atoms with Crippen LogP contribution in [0.1, 0.15) is 101 Å². The molecule has 0 aliphatic carbocycles. The van der Waals surface area contributed by atoms with Crippen LogP contribution in [-0.2, 0) is 47.5 Å². The average Bonchev–Trinajstić information content (AvgIpc) is 3.11. The lowest BCUT2D eigenvalue weighted by Gasteiger charge is -2.48. The van der Waals surface area contributed by atoms with Gasteiger partial charge in [-0.3, -0.25) is 14.4 Å². The van der Waals surface area contributed by atoms with E-state index in [4.69, 9.17) is 33.2 Å². The lowest BCUT2D eigenvalue weighted by Crippen LogP contribution is -2.61. The van der Waals surface area contributed by atoms with Crippen LogP contribution in [-0.4, -0.2) is 149 Å². The van der Waals surface area contributed by atoms with Crippen LogP contribution < -0.4 is 0 Å². The van der Waals surface area contributed by atoms with Gasteiger partial charge in [0.15, 0.2) is 18.7 Å². The third kappa shape index (κ3) is 10.6. The Morgan fingerprint density at radius 3 is 2.11 bits per heavy atom. The van der Waals surface area contributed by atoms with Crippen molar-refractivity contribution in [2.75, 3.05) is 21.2 Å². The number of aliphatic hydroxyl groups is 4. The maximum Gasteiger partial charge on any atom is 0.311 e. The van der Waals surface area contributed by atoms with Crippen LogP contribution in [0.3, 0.4) is 0 Å². The fourth-order valence-electron chi connectivity index (χ4n) is 8.49. The van der Waals surface area contributed by atoms with Crippen molar-refractivity contribution in [2.24, 2.45) is 23.7 Å². The first-order valence-electron chi connectivity index (χ1n) is 19.6. The summed E-state index contributed by atoms with van der Waals surface area (Å²) in [4.78, 5) is 42.8. The van der Waals surface area contributed by atoms with E-state index >= 15 is 0 Å². The van der Waals surface area contributed by atoms with Crippen LogP contribution in [0.25, 0.3) is 0 Å². The van der Waals surface area contributed by atoms with Crippen LogP contribution in [0.5, 0.6) is 0 Å². The number of ether oxygens (including phenoxy) is 7. The smallest absolute Gasteiger partial charge is 0.311 e. The SMILES string of the molecule is CCC(=O)O[C@H]1[C@H](O[C@H]2[C@H](C)[C@@H](O[C@H]3C[C@H](OC)[C@@H](O)[C@@H](C)O3)[C@H](C)C(=O)O[C@@H](CC)[C@](C)(O)[C@@H](O)[C@H](C)C(=O)[C@@H](C)C[C@]2(C)O)O[C@@H](C)C[C@H]1N(C)C. The molecule has 0 unspecified atom stereocenters. The topological polar surface area (TPSA) is 200 Å². The highest BCUT2D eigenvalue weighted by Gasteiger charge is 2.53. The van der Waals surface area contributed by atoms with Gasteiger partial charge in [0.25, 0.3) is 0 Å². The number of ketones is 1. The second kappa shape index (κ2) is 19.1. The largest absolute Gasteiger partial charge is 0.459 e. The van der Waals surface area contributed by atoms with Gasteiger partial charge in [-0.05, 0) is 68.0 Å². The molecular formula is C39H69NO14. The average molecular weight is 776 g/mol. The van der Waals surface area contributed by atoms with Gasteiger partial charge in [-0.25, -0.2) is 0 Å². The third-order valence-corrected chi connectivity index (χ3v) is 11.8. The number of esters is 2. The van der Waals surface area contributed by atoms with E-state index in [0.717, 1.165) is 0 Å². The van der Waals surface area contributed by atoms with Gasteiger partial charge in [-0.1, -0.05) is 34.6 Å². The summed E-state index contributed by atoms with van der Waals surface area (Å²) in [5, 5.41) is 46.2. The Labute approximate surface area is 321 Å². The summed E-state index contributed by atoms with van der Waals surface area (Å²) in [7, 11) is 5.20. The summed E-state index contributed by atoms with van der Waals surface area (Å²) in [6, 6.07) is -0.315. The number of rotatable bonds is 9. The van der Waals surface area contributed by atoms with Crippen molar-refractivity contribution in [3.8, 4) is 0 Å². The molecule has 15 heteroatoms. The van der Waals surface area contributed by atoms with E-state index in [1.807, 2.05) is 25.9 Å². The van der Waals surface area contributed by atoms with Gasteiger partial charge in [-0.2, -0.15) is 0 Å². The van der Waals surface area contributed by atoms with E-state index in [2.05, 4.69) is 0 Å². The number of aliphatic hydroxyl groups excluding tert-OH is 2. The molecule has 0 saturated carbocycles. The lowest BCUT2D eigenvalue weighted by molar-refractivity contribution is -0.313. The predicted molar refractivity (Wildman–Crippen MR) is 196 cm³/mol. The second-order valence-corrected chi connectivity index (χ2v) is 16.6. The molecule has 3 heterocycles. The van der Waals surface area contributed by atoms with E-state index in [1.54, 1.807) is 41.5 Å². The molecule has 0 bridgehead atoms.